The Morgan fingerprint density at radius 3 is 2.80 bits per heavy atom. The van der Waals surface area contributed by atoms with Crippen molar-refractivity contribution < 1.29 is 0 Å². The molecule has 1 heterocycles. The molecule has 0 fully saturated rings. The maximum Gasteiger partial charge on any atom is 0.100 e. The highest BCUT2D eigenvalue weighted by Crippen LogP contribution is 2.15. The molecule has 0 saturated heterocycles. The zero-order valence-electron chi connectivity index (χ0n) is 9.96. The number of allylic oxidation sites excluding steroid dienone is 2. The molecule has 0 aromatic rings. The average molecular weight is 205 g/mol. The van der Waals surface area contributed by atoms with Crippen LogP contribution in [0.4, 0.5) is 0 Å². The Morgan fingerprint density at radius 2 is 2.20 bits per heavy atom. The fourth-order valence-electron chi connectivity index (χ4n) is 1.67. The second-order valence-electron chi connectivity index (χ2n) is 3.92. The molecule has 1 unspecified atom stereocenters. The van der Waals surface area contributed by atoms with Crippen molar-refractivity contribution in [2.75, 3.05) is 7.05 Å². The van der Waals surface area contributed by atoms with Gasteiger partial charge in [0.15, 0.2) is 0 Å². The van der Waals surface area contributed by atoms with Crippen LogP contribution < -0.4 is 0 Å². The van der Waals surface area contributed by atoms with Gasteiger partial charge in [0.2, 0.25) is 0 Å². The van der Waals surface area contributed by atoms with E-state index in [0.29, 0.717) is 5.84 Å². The quantitative estimate of drug-likeness (QED) is 0.648. The third-order valence-corrected chi connectivity index (χ3v) is 2.70. The summed E-state index contributed by atoms with van der Waals surface area (Å²) in [6.45, 7) is 6.04. The van der Waals surface area contributed by atoms with Gasteiger partial charge in [-0.05, 0) is 38.6 Å². The van der Waals surface area contributed by atoms with Gasteiger partial charge in [0.25, 0.3) is 0 Å². The van der Waals surface area contributed by atoms with Crippen LogP contribution in [0.5, 0.6) is 0 Å². The molecule has 1 rings (SSSR count). The smallest absolute Gasteiger partial charge is 0.100 e. The fraction of sp³-hybridized carbons (Fsp3) is 0.583. The molecule has 0 spiro atoms. The van der Waals surface area contributed by atoms with Crippen molar-refractivity contribution in [3.05, 3.63) is 17.3 Å². The summed E-state index contributed by atoms with van der Waals surface area (Å²) in [4.78, 5) is 6.29. The van der Waals surface area contributed by atoms with Gasteiger partial charge in [-0.25, -0.2) is 4.99 Å². The van der Waals surface area contributed by atoms with Crippen molar-refractivity contribution in [3.8, 4) is 0 Å². The summed E-state index contributed by atoms with van der Waals surface area (Å²) in [6, 6.07) is 0.0772. The number of hydrogen-bond acceptors (Lipinski definition) is 2. The van der Waals surface area contributed by atoms with Crippen LogP contribution in [0.1, 0.15) is 33.6 Å². The minimum Gasteiger partial charge on any atom is -0.335 e. The first-order chi connectivity index (χ1) is 7.06. The summed E-state index contributed by atoms with van der Waals surface area (Å²) in [6.07, 6.45) is 3.65. The Bertz CT molecular complexity index is 346. The molecule has 1 atom stereocenters. The van der Waals surface area contributed by atoms with Gasteiger partial charge in [0.1, 0.15) is 5.84 Å². The molecule has 0 amide bonds. The molecule has 3 nitrogen and oxygen atoms in total. The molecule has 1 aliphatic rings. The van der Waals surface area contributed by atoms with E-state index >= 15 is 0 Å². The van der Waals surface area contributed by atoms with Crippen LogP contribution in [-0.2, 0) is 0 Å². The number of aliphatic imine (C=N–C) groups is 1. The Hall–Kier alpha value is -1.34. The third kappa shape index (κ3) is 2.80. The first kappa shape index (κ1) is 11.7. The number of hydrogen-bond donors (Lipinski definition) is 1. The lowest BCUT2D eigenvalue weighted by molar-refractivity contribution is 0.548. The lowest BCUT2D eigenvalue weighted by Crippen LogP contribution is -2.29. The standard InChI is InChI=1S/C12H19N3/c1-5-11-10(3)14-8-9(2)6-7-12(13)15(11)4/h5,10,13H,6-7H2,1-4H3/b11-5-,13-12?. The molecule has 3 heteroatoms. The number of nitrogens with one attached hydrogen (secondary N) is 1. The van der Waals surface area contributed by atoms with Gasteiger partial charge in [0, 0.05) is 19.2 Å². The predicted octanol–water partition coefficient (Wildman–Crippen LogP) is 2.60. The van der Waals surface area contributed by atoms with Gasteiger partial charge in [0.05, 0.1) is 6.04 Å². The second kappa shape index (κ2) is 4.94. The zero-order chi connectivity index (χ0) is 11.4. The van der Waals surface area contributed by atoms with Crippen molar-refractivity contribution >= 4 is 11.7 Å². The molecule has 0 aliphatic carbocycles. The Balaban J connectivity index is 3.06. The molecule has 82 valence electrons. The number of nitrogens with zero attached hydrogens (tertiary/aromatic N) is 2. The highest BCUT2D eigenvalue weighted by Gasteiger charge is 2.15. The van der Waals surface area contributed by atoms with Crippen molar-refractivity contribution in [3.63, 3.8) is 0 Å². The highest BCUT2D eigenvalue weighted by molar-refractivity contribution is 5.81. The number of amidine groups is 1. The Labute approximate surface area is 91.7 Å². The minimum absolute atomic E-state index is 0.0772. The molecule has 15 heavy (non-hydrogen) atoms. The minimum atomic E-state index is 0.0772. The summed E-state index contributed by atoms with van der Waals surface area (Å²) in [5, 5.41) is 7.95. The largest absolute Gasteiger partial charge is 0.335 e. The van der Waals surface area contributed by atoms with E-state index < -0.39 is 0 Å². The molecule has 0 saturated carbocycles. The summed E-state index contributed by atoms with van der Waals surface area (Å²) < 4.78 is 0. The van der Waals surface area contributed by atoms with Crippen molar-refractivity contribution in [2.45, 2.75) is 39.7 Å². The lowest BCUT2D eigenvalue weighted by atomic mass is 10.1. The van der Waals surface area contributed by atoms with Gasteiger partial charge < -0.3 is 4.90 Å². The van der Waals surface area contributed by atoms with Crippen LogP contribution in [-0.4, -0.2) is 29.7 Å². The SMILES string of the molecule is C/C=C1/C(C)N=C=C(C)CCC(=N)N1C. The molecule has 1 aliphatic heterocycles. The van der Waals surface area contributed by atoms with Crippen LogP contribution >= 0.6 is 0 Å². The van der Waals surface area contributed by atoms with Gasteiger partial charge >= 0.3 is 0 Å². The summed E-state index contributed by atoms with van der Waals surface area (Å²) >= 11 is 0. The second-order valence-corrected chi connectivity index (χ2v) is 3.92. The molecule has 0 bridgehead atoms. The molecule has 0 aromatic carbocycles. The first-order valence-electron chi connectivity index (χ1n) is 5.32. The van der Waals surface area contributed by atoms with E-state index in [9.17, 15) is 0 Å². The van der Waals surface area contributed by atoms with E-state index in [2.05, 4.69) is 10.9 Å². The molecular weight excluding hydrogens is 186 g/mol. The maximum absolute atomic E-state index is 7.95. The van der Waals surface area contributed by atoms with E-state index in [-0.39, 0.29) is 6.04 Å². The topological polar surface area (TPSA) is 39.5 Å². The van der Waals surface area contributed by atoms with Crippen LogP contribution in [0.15, 0.2) is 22.3 Å². The van der Waals surface area contributed by atoms with E-state index in [0.717, 1.165) is 24.1 Å². The Morgan fingerprint density at radius 1 is 1.53 bits per heavy atom. The summed E-state index contributed by atoms with van der Waals surface area (Å²) in [7, 11) is 1.93. The van der Waals surface area contributed by atoms with Crippen LogP contribution in [0.2, 0.25) is 0 Å². The third-order valence-electron chi connectivity index (χ3n) is 2.70. The molecule has 0 radical (unpaired) electrons. The fourth-order valence-corrected chi connectivity index (χ4v) is 1.67. The first-order valence-corrected chi connectivity index (χ1v) is 5.32. The monoisotopic (exact) mass is 205 g/mol. The van der Waals surface area contributed by atoms with Crippen molar-refractivity contribution in [1.29, 1.82) is 5.41 Å². The van der Waals surface area contributed by atoms with E-state index in [1.165, 1.54) is 0 Å². The predicted molar refractivity (Wildman–Crippen MR) is 64.6 cm³/mol. The lowest BCUT2D eigenvalue weighted by Gasteiger charge is -2.24. The van der Waals surface area contributed by atoms with E-state index in [4.69, 9.17) is 5.41 Å². The van der Waals surface area contributed by atoms with Crippen LogP contribution in [0.3, 0.4) is 0 Å². The van der Waals surface area contributed by atoms with Gasteiger partial charge in [-0.1, -0.05) is 6.08 Å². The summed E-state index contributed by atoms with van der Waals surface area (Å²) in [5.74, 6) is 3.70. The van der Waals surface area contributed by atoms with E-state index in [1.807, 2.05) is 38.8 Å². The maximum atomic E-state index is 7.95. The van der Waals surface area contributed by atoms with Crippen molar-refractivity contribution in [1.82, 2.24) is 4.90 Å². The molecular formula is C12H19N3. The molecule has 0 aromatic heterocycles. The normalized spacial score (nSPS) is 26.0. The molecule has 1 N–H and O–H groups in total. The van der Waals surface area contributed by atoms with Crippen molar-refractivity contribution in [2.24, 2.45) is 4.99 Å². The Kier molecular flexibility index (Phi) is 3.87. The number of likely N-dealkylation sites (N-methyl/N-ethyl adjacent to an activating group) is 1. The van der Waals surface area contributed by atoms with Crippen LogP contribution in [0, 0.1) is 5.41 Å². The highest BCUT2D eigenvalue weighted by atomic mass is 15.2. The number of rotatable bonds is 0. The van der Waals surface area contributed by atoms with Gasteiger partial charge in [-0.2, -0.15) is 0 Å². The summed E-state index contributed by atoms with van der Waals surface area (Å²) in [5.41, 5.74) is 2.19. The van der Waals surface area contributed by atoms with Crippen LogP contribution in [0.25, 0.3) is 0 Å². The average Bonchev–Trinajstić information content (AvgIpc) is 2.26. The van der Waals surface area contributed by atoms with E-state index in [1.54, 1.807) is 0 Å². The zero-order valence-corrected chi connectivity index (χ0v) is 9.96. The van der Waals surface area contributed by atoms with Gasteiger partial charge in [-0.15, -0.1) is 0 Å². The van der Waals surface area contributed by atoms with Gasteiger partial charge in [-0.3, -0.25) is 5.41 Å².